The highest BCUT2D eigenvalue weighted by Crippen LogP contribution is 2.21. The molecule has 1 amide bonds. The van der Waals surface area contributed by atoms with Crippen LogP contribution >= 0.6 is 0 Å². The molecule has 4 aromatic rings. The van der Waals surface area contributed by atoms with Crippen LogP contribution in [0.1, 0.15) is 13.3 Å². The minimum Gasteiger partial charge on any atom is -0.379 e. The van der Waals surface area contributed by atoms with Crippen molar-refractivity contribution in [3.8, 4) is 0 Å². The van der Waals surface area contributed by atoms with Crippen LogP contribution in [0.2, 0.25) is 0 Å². The molecule has 0 saturated carbocycles. The number of morpholine rings is 1. The standard InChI is InChI=1S/C26H31N5O3/c1-2-30-23-5-3-4-6-24(23)31(26(30)33)12-10-25(32)27-21-7-8-22-20(19-21)9-11-29(22)14-13-28-15-17-34-18-16-28/h3-9,11,19H,2,10,12-18H2,1H3,(H,27,32). The number of carbonyl (C=O) groups is 1. The minimum absolute atomic E-state index is 0.0728. The van der Waals surface area contributed by atoms with E-state index in [1.54, 1.807) is 9.13 Å². The number of benzene rings is 2. The number of anilines is 1. The molecule has 0 unspecified atom stereocenters. The van der Waals surface area contributed by atoms with Crippen LogP contribution in [0.3, 0.4) is 0 Å². The molecule has 2 aromatic carbocycles. The third-order valence-corrected chi connectivity index (χ3v) is 6.62. The third kappa shape index (κ3) is 4.51. The van der Waals surface area contributed by atoms with Gasteiger partial charge in [0.05, 0.1) is 24.2 Å². The van der Waals surface area contributed by atoms with Crippen LogP contribution in [-0.4, -0.2) is 57.4 Å². The van der Waals surface area contributed by atoms with Crippen molar-refractivity contribution in [1.82, 2.24) is 18.6 Å². The van der Waals surface area contributed by atoms with Gasteiger partial charge in [-0.2, -0.15) is 0 Å². The highest BCUT2D eigenvalue weighted by Gasteiger charge is 2.14. The second-order valence-corrected chi connectivity index (χ2v) is 8.70. The van der Waals surface area contributed by atoms with Gasteiger partial charge in [-0.3, -0.25) is 18.8 Å². The maximum atomic E-state index is 12.8. The number of nitrogens with one attached hydrogen (secondary N) is 1. The topological polar surface area (TPSA) is 73.4 Å². The van der Waals surface area contributed by atoms with Crippen molar-refractivity contribution in [2.75, 3.05) is 38.2 Å². The monoisotopic (exact) mass is 461 g/mol. The lowest BCUT2D eigenvalue weighted by Crippen LogP contribution is -2.38. The fourth-order valence-corrected chi connectivity index (χ4v) is 4.78. The summed E-state index contributed by atoms with van der Waals surface area (Å²) in [6.07, 6.45) is 2.34. The number of aryl methyl sites for hydroxylation is 2. The Labute approximate surface area is 198 Å². The quantitative estimate of drug-likeness (QED) is 0.438. The summed E-state index contributed by atoms with van der Waals surface area (Å²) in [7, 11) is 0. The van der Waals surface area contributed by atoms with Crippen molar-refractivity contribution >= 4 is 33.5 Å². The Kier molecular flexibility index (Phi) is 6.51. The molecule has 8 heteroatoms. The Hall–Kier alpha value is -3.36. The Morgan fingerprint density at radius 1 is 0.941 bits per heavy atom. The number of para-hydroxylation sites is 2. The number of amides is 1. The molecule has 3 heterocycles. The zero-order valence-electron chi connectivity index (χ0n) is 19.6. The number of ether oxygens (including phenoxy) is 1. The van der Waals surface area contributed by atoms with E-state index < -0.39 is 0 Å². The molecule has 0 aliphatic carbocycles. The van der Waals surface area contributed by atoms with Gasteiger partial charge in [-0.1, -0.05) is 12.1 Å². The first-order valence-corrected chi connectivity index (χ1v) is 12.0. The van der Waals surface area contributed by atoms with E-state index in [0.717, 1.165) is 67.0 Å². The average Bonchev–Trinajstić information content (AvgIpc) is 3.39. The predicted molar refractivity (Wildman–Crippen MR) is 134 cm³/mol. The van der Waals surface area contributed by atoms with Crippen LogP contribution in [0.25, 0.3) is 21.9 Å². The van der Waals surface area contributed by atoms with E-state index in [0.29, 0.717) is 13.1 Å². The first-order chi connectivity index (χ1) is 16.6. The van der Waals surface area contributed by atoms with Gasteiger partial charge in [0.15, 0.2) is 0 Å². The first kappa shape index (κ1) is 22.4. The fourth-order valence-electron chi connectivity index (χ4n) is 4.78. The maximum absolute atomic E-state index is 12.8. The molecule has 1 aliphatic heterocycles. The third-order valence-electron chi connectivity index (χ3n) is 6.62. The molecule has 1 aliphatic rings. The zero-order chi connectivity index (χ0) is 23.5. The number of fused-ring (bicyclic) bond motifs is 2. The van der Waals surface area contributed by atoms with Gasteiger partial charge >= 0.3 is 5.69 Å². The normalized spacial score (nSPS) is 14.7. The molecule has 1 saturated heterocycles. The minimum atomic E-state index is -0.105. The van der Waals surface area contributed by atoms with E-state index >= 15 is 0 Å². The molecule has 0 bridgehead atoms. The van der Waals surface area contributed by atoms with Crippen LogP contribution in [0.4, 0.5) is 5.69 Å². The summed E-state index contributed by atoms with van der Waals surface area (Å²) in [5.74, 6) is -0.105. The van der Waals surface area contributed by atoms with Gasteiger partial charge < -0.3 is 14.6 Å². The number of hydrogen-bond acceptors (Lipinski definition) is 4. The van der Waals surface area contributed by atoms with Gasteiger partial charge in [0, 0.05) is 68.5 Å². The number of carbonyl (C=O) groups excluding carboxylic acids is 1. The van der Waals surface area contributed by atoms with E-state index in [2.05, 4.69) is 33.1 Å². The van der Waals surface area contributed by atoms with Gasteiger partial charge in [0.25, 0.3) is 0 Å². The van der Waals surface area contributed by atoms with Gasteiger partial charge in [0.1, 0.15) is 0 Å². The van der Waals surface area contributed by atoms with Gasteiger partial charge in [-0.15, -0.1) is 0 Å². The number of aromatic nitrogens is 3. The van der Waals surface area contributed by atoms with Crippen molar-refractivity contribution in [2.45, 2.75) is 33.0 Å². The summed E-state index contributed by atoms with van der Waals surface area (Å²) >= 11 is 0. The highest BCUT2D eigenvalue weighted by atomic mass is 16.5. The molecule has 2 aromatic heterocycles. The molecule has 5 rings (SSSR count). The molecule has 0 spiro atoms. The van der Waals surface area contributed by atoms with Crippen LogP contribution in [0.5, 0.6) is 0 Å². The largest absolute Gasteiger partial charge is 0.379 e. The van der Waals surface area contributed by atoms with Crippen molar-refractivity contribution in [3.05, 3.63) is 65.2 Å². The smallest absolute Gasteiger partial charge is 0.329 e. The number of nitrogens with zero attached hydrogens (tertiary/aromatic N) is 4. The second kappa shape index (κ2) is 9.87. The van der Waals surface area contributed by atoms with Crippen LogP contribution in [0.15, 0.2) is 59.5 Å². The molecule has 0 atom stereocenters. The first-order valence-electron chi connectivity index (χ1n) is 12.0. The average molecular weight is 462 g/mol. The van der Waals surface area contributed by atoms with E-state index in [1.807, 2.05) is 43.3 Å². The predicted octanol–water partition coefficient (Wildman–Crippen LogP) is 3.14. The van der Waals surface area contributed by atoms with Gasteiger partial charge in [0.2, 0.25) is 5.91 Å². The molecular formula is C26H31N5O3. The van der Waals surface area contributed by atoms with Gasteiger partial charge in [-0.05, 0) is 43.3 Å². The van der Waals surface area contributed by atoms with Crippen LogP contribution < -0.4 is 11.0 Å². The molecule has 1 N–H and O–H groups in total. The Morgan fingerprint density at radius 3 is 2.47 bits per heavy atom. The Morgan fingerprint density at radius 2 is 1.71 bits per heavy atom. The Bertz CT molecular complexity index is 1360. The summed E-state index contributed by atoms with van der Waals surface area (Å²) in [5.41, 5.74) is 3.62. The molecule has 0 radical (unpaired) electrons. The molecular weight excluding hydrogens is 430 g/mol. The SMILES string of the molecule is CCn1c(=O)n(CCC(=O)Nc2ccc3c(ccn3CCN3CCOCC3)c2)c2ccccc21. The van der Waals surface area contributed by atoms with E-state index in [1.165, 1.54) is 0 Å². The van der Waals surface area contributed by atoms with Crippen LogP contribution in [-0.2, 0) is 29.2 Å². The summed E-state index contributed by atoms with van der Waals surface area (Å²) in [6.45, 7) is 8.42. The number of imidazole rings is 1. The molecule has 1 fully saturated rings. The van der Waals surface area contributed by atoms with E-state index in [4.69, 9.17) is 4.74 Å². The Balaban J connectivity index is 1.22. The maximum Gasteiger partial charge on any atom is 0.329 e. The summed E-state index contributed by atoms with van der Waals surface area (Å²) in [5, 5.41) is 4.09. The van der Waals surface area contributed by atoms with Crippen molar-refractivity contribution in [3.63, 3.8) is 0 Å². The highest BCUT2D eigenvalue weighted by molar-refractivity contribution is 5.94. The van der Waals surface area contributed by atoms with Crippen molar-refractivity contribution < 1.29 is 9.53 Å². The van der Waals surface area contributed by atoms with Crippen molar-refractivity contribution in [2.24, 2.45) is 0 Å². The molecule has 178 valence electrons. The second-order valence-electron chi connectivity index (χ2n) is 8.70. The van der Waals surface area contributed by atoms with E-state index in [9.17, 15) is 9.59 Å². The fraction of sp³-hybridized carbons (Fsp3) is 0.385. The zero-order valence-corrected chi connectivity index (χ0v) is 19.6. The lowest BCUT2D eigenvalue weighted by molar-refractivity contribution is -0.116. The van der Waals surface area contributed by atoms with Crippen LogP contribution in [0, 0.1) is 0 Å². The summed E-state index contributed by atoms with van der Waals surface area (Å²) < 4.78 is 11.1. The summed E-state index contributed by atoms with van der Waals surface area (Å²) in [4.78, 5) is 27.9. The molecule has 8 nitrogen and oxygen atoms in total. The summed E-state index contributed by atoms with van der Waals surface area (Å²) in [6, 6.07) is 15.8. The lowest BCUT2D eigenvalue weighted by Gasteiger charge is -2.26. The lowest BCUT2D eigenvalue weighted by atomic mass is 10.2. The number of hydrogen-bond donors (Lipinski definition) is 1. The molecule has 34 heavy (non-hydrogen) atoms. The number of rotatable bonds is 8. The van der Waals surface area contributed by atoms with E-state index in [-0.39, 0.29) is 18.0 Å². The van der Waals surface area contributed by atoms with Crippen molar-refractivity contribution in [1.29, 1.82) is 0 Å². The van der Waals surface area contributed by atoms with Gasteiger partial charge in [-0.25, -0.2) is 4.79 Å².